The number of nitrogens with two attached hydrogens (primary N) is 1. The van der Waals surface area contributed by atoms with Crippen LogP contribution in [0.2, 0.25) is 0 Å². The molecule has 0 saturated carbocycles. The Hall–Kier alpha value is -1.58. The molecule has 0 unspecified atom stereocenters. The van der Waals surface area contributed by atoms with Crippen LogP contribution < -0.4 is 5.73 Å². The molecule has 0 aliphatic heterocycles. The third-order valence-corrected chi connectivity index (χ3v) is 1.48. The number of ether oxygens (including phenoxy) is 1. The van der Waals surface area contributed by atoms with Crippen LogP contribution in [0.4, 0.5) is 5.69 Å². The molecule has 4 nitrogen and oxygen atoms in total. The molecule has 0 spiro atoms. The van der Waals surface area contributed by atoms with Crippen molar-refractivity contribution < 1.29 is 9.53 Å². The van der Waals surface area contributed by atoms with Crippen LogP contribution in [0.1, 0.15) is 29.9 Å². The Morgan fingerprint density at radius 3 is 2.50 bits per heavy atom. The van der Waals surface area contributed by atoms with Gasteiger partial charge < -0.3 is 10.5 Å². The number of anilines is 1. The second-order valence-electron chi connectivity index (χ2n) is 2.43. The van der Waals surface area contributed by atoms with Gasteiger partial charge in [-0.05, 0) is 18.6 Å². The number of rotatable bonds is 1. The van der Waals surface area contributed by atoms with Crippen molar-refractivity contribution >= 4 is 11.7 Å². The van der Waals surface area contributed by atoms with Gasteiger partial charge in [-0.25, -0.2) is 9.78 Å². The summed E-state index contributed by atoms with van der Waals surface area (Å²) < 4.78 is 4.51. The second-order valence-corrected chi connectivity index (χ2v) is 2.43. The molecular formula is C10H16N2O2. The third kappa shape index (κ3) is 3.05. The zero-order valence-corrected chi connectivity index (χ0v) is 9.00. The molecule has 0 fully saturated rings. The van der Waals surface area contributed by atoms with Crippen LogP contribution in [0.5, 0.6) is 0 Å². The number of esters is 1. The summed E-state index contributed by atoms with van der Waals surface area (Å²) in [5, 5.41) is 0. The molecule has 1 heterocycles. The Balaban J connectivity index is 0.000000791. The molecule has 0 radical (unpaired) electrons. The van der Waals surface area contributed by atoms with Crippen LogP contribution in [-0.2, 0) is 4.74 Å². The lowest BCUT2D eigenvalue weighted by molar-refractivity contribution is 0.0593. The monoisotopic (exact) mass is 196 g/mol. The summed E-state index contributed by atoms with van der Waals surface area (Å²) >= 11 is 0. The van der Waals surface area contributed by atoms with Crippen molar-refractivity contribution in [3.63, 3.8) is 0 Å². The van der Waals surface area contributed by atoms with E-state index in [4.69, 9.17) is 5.73 Å². The van der Waals surface area contributed by atoms with Crippen LogP contribution in [-0.4, -0.2) is 18.1 Å². The summed E-state index contributed by atoms with van der Waals surface area (Å²) in [4.78, 5) is 14.9. The maximum atomic E-state index is 11.0. The number of carbonyl (C=O) groups is 1. The van der Waals surface area contributed by atoms with E-state index in [1.807, 2.05) is 13.8 Å². The molecule has 0 aromatic carbocycles. The Kier molecular flexibility index (Phi) is 5.29. The van der Waals surface area contributed by atoms with Crippen molar-refractivity contribution in [3.05, 3.63) is 23.5 Å². The standard InChI is InChI=1S/C8H10N2O2.C2H6/c1-5-3-6(9)4-10-7(5)8(11)12-2;1-2/h3-4H,9H2,1-2H3;1-2H3. The number of hydrogen-bond donors (Lipinski definition) is 1. The van der Waals surface area contributed by atoms with Crippen LogP contribution in [0.15, 0.2) is 12.3 Å². The number of nitrogen functional groups attached to an aromatic ring is 1. The van der Waals surface area contributed by atoms with Crippen LogP contribution in [0.3, 0.4) is 0 Å². The lowest BCUT2D eigenvalue weighted by Crippen LogP contribution is -2.07. The van der Waals surface area contributed by atoms with Crippen LogP contribution in [0, 0.1) is 6.92 Å². The quantitative estimate of drug-likeness (QED) is 0.695. The van der Waals surface area contributed by atoms with Gasteiger partial charge in [0.1, 0.15) is 0 Å². The van der Waals surface area contributed by atoms with Crippen molar-refractivity contribution in [1.29, 1.82) is 0 Å². The first kappa shape index (κ1) is 12.4. The molecule has 0 amide bonds. The minimum absolute atomic E-state index is 0.312. The molecule has 14 heavy (non-hydrogen) atoms. The van der Waals surface area contributed by atoms with Gasteiger partial charge in [-0.1, -0.05) is 13.8 Å². The number of aromatic nitrogens is 1. The first-order chi connectivity index (χ1) is 6.65. The zero-order valence-electron chi connectivity index (χ0n) is 9.00. The van der Waals surface area contributed by atoms with Crippen molar-refractivity contribution in [2.24, 2.45) is 0 Å². The Bertz CT molecular complexity index is 311. The molecule has 0 atom stereocenters. The molecule has 78 valence electrons. The summed E-state index contributed by atoms with van der Waals surface area (Å²) in [6.45, 7) is 5.76. The predicted molar refractivity (Wildman–Crippen MR) is 56.1 cm³/mol. The van der Waals surface area contributed by atoms with E-state index < -0.39 is 5.97 Å². The number of pyridine rings is 1. The number of methoxy groups -OCH3 is 1. The molecule has 4 heteroatoms. The summed E-state index contributed by atoms with van der Waals surface area (Å²) in [5.41, 5.74) is 7.03. The average molecular weight is 196 g/mol. The first-order valence-electron chi connectivity index (χ1n) is 4.45. The molecular weight excluding hydrogens is 180 g/mol. The third-order valence-electron chi connectivity index (χ3n) is 1.48. The molecule has 2 N–H and O–H groups in total. The van der Waals surface area contributed by atoms with Gasteiger partial charge in [0.25, 0.3) is 0 Å². The largest absolute Gasteiger partial charge is 0.464 e. The van der Waals surface area contributed by atoms with E-state index in [9.17, 15) is 4.79 Å². The van der Waals surface area contributed by atoms with E-state index in [1.165, 1.54) is 13.3 Å². The Morgan fingerprint density at radius 1 is 1.50 bits per heavy atom. The molecule has 0 bridgehead atoms. The highest BCUT2D eigenvalue weighted by molar-refractivity contribution is 5.88. The lowest BCUT2D eigenvalue weighted by atomic mass is 10.2. The van der Waals surface area contributed by atoms with Crippen molar-refractivity contribution in [2.45, 2.75) is 20.8 Å². The van der Waals surface area contributed by atoms with E-state index in [2.05, 4.69) is 9.72 Å². The van der Waals surface area contributed by atoms with E-state index in [1.54, 1.807) is 13.0 Å². The van der Waals surface area contributed by atoms with Gasteiger partial charge in [0.2, 0.25) is 0 Å². The summed E-state index contributed by atoms with van der Waals surface area (Å²) in [6.07, 6.45) is 1.43. The van der Waals surface area contributed by atoms with E-state index in [0.29, 0.717) is 11.4 Å². The summed E-state index contributed by atoms with van der Waals surface area (Å²) in [5.74, 6) is -0.438. The fraction of sp³-hybridized carbons (Fsp3) is 0.400. The number of carbonyl (C=O) groups excluding carboxylic acids is 1. The van der Waals surface area contributed by atoms with Gasteiger partial charge in [0.05, 0.1) is 19.0 Å². The predicted octanol–water partition coefficient (Wildman–Crippen LogP) is 1.79. The molecule has 1 aromatic rings. The SMILES string of the molecule is CC.COC(=O)c1ncc(N)cc1C. The smallest absolute Gasteiger partial charge is 0.356 e. The lowest BCUT2D eigenvalue weighted by Gasteiger charge is -2.02. The van der Waals surface area contributed by atoms with E-state index in [0.717, 1.165) is 5.56 Å². The molecule has 0 aliphatic rings. The Labute approximate surface area is 84.1 Å². The Morgan fingerprint density at radius 2 is 2.07 bits per heavy atom. The van der Waals surface area contributed by atoms with E-state index in [-0.39, 0.29) is 0 Å². The van der Waals surface area contributed by atoms with Gasteiger partial charge in [-0.2, -0.15) is 0 Å². The van der Waals surface area contributed by atoms with Gasteiger partial charge in [-0.3, -0.25) is 0 Å². The highest BCUT2D eigenvalue weighted by atomic mass is 16.5. The molecule has 0 aliphatic carbocycles. The number of hydrogen-bond acceptors (Lipinski definition) is 4. The first-order valence-corrected chi connectivity index (χ1v) is 4.45. The molecule has 1 aromatic heterocycles. The maximum Gasteiger partial charge on any atom is 0.356 e. The topological polar surface area (TPSA) is 65.2 Å². The van der Waals surface area contributed by atoms with Gasteiger partial charge in [0, 0.05) is 0 Å². The summed E-state index contributed by atoms with van der Waals surface area (Å²) in [6, 6.07) is 1.68. The zero-order chi connectivity index (χ0) is 11.1. The van der Waals surface area contributed by atoms with Crippen LogP contribution in [0.25, 0.3) is 0 Å². The normalized spacial score (nSPS) is 8.57. The maximum absolute atomic E-state index is 11.0. The van der Waals surface area contributed by atoms with Crippen molar-refractivity contribution in [1.82, 2.24) is 4.98 Å². The van der Waals surface area contributed by atoms with E-state index >= 15 is 0 Å². The van der Waals surface area contributed by atoms with Gasteiger partial charge >= 0.3 is 5.97 Å². The van der Waals surface area contributed by atoms with Crippen molar-refractivity contribution in [3.8, 4) is 0 Å². The fourth-order valence-corrected chi connectivity index (χ4v) is 0.907. The summed E-state index contributed by atoms with van der Waals surface area (Å²) in [7, 11) is 1.32. The molecule has 0 saturated heterocycles. The highest BCUT2D eigenvalue weighted by Gasteiger charge is 2.09. The number of aryl methyl sites for hydroxylation is 1. The minimum atomic E-state index is -0.438. The van der Waals surface area contributed by atoms with Crippen LogP contribution >= 0.6 is 0 Å². The molecule has 1 rings (SSSR count). The fourth-order valence-electron chi connectivity index (χ4n) is 0.907. The average Bonchev–Trinajstić information content (AvgIpc) is 2.20. The van der Waals surface area contributed by atoms with Gasteiger partial charge in [0.15, 0.2) is 5.69 Å². The van der Waals surface area contributed by atoms with Gasteiger partial charge in [-0.15, -0.1) is 0 Å². The second kappa shape index (κ2) is 5.96. The minimum Gasteiger partial charge on any atom is -0.464 e. The number of nitrogens with zero attached hydrogens (tertiary/aromatic N) is 1. The highest BCUT2D eigenvalue weighted by Crippen LogP contribution is 2.09. The van der Waals surface area contributed by atoms with Crippen molar-refractivity contribution in [2.75, 3.05) is 12.8 Å².